The summed E-state index contributed by atoms with van der Waals surface area (Å²) in [6.45, 7) is 2.19. The molecule has 0 bridgehead atoms. The first-order valence-corrected chi connectivity index (χ1v) is 8.87. The van der Waals surface area contributed by atoms with Gasteiger partial charge in [-0.05, 0) is 29.7 Å². The Labute approximate surface area is 104 Å². The molecule has 0 aromatic carbocycles. The average molecular weight is 304 g/mol. The van der Waals surface area contributed by atoms with Crippen LogP contribution in [0.5, 0.6) is 0 Å². The molecule has 0 saturated heterocycles. The maximum atomic E-state index is 9.44. The predicted octanol–water partition coefficient (Wildman–Crippen LogP) is 2.80. The second kappa shape index (κ2) is 9.42. The van der Waals surface area contributed by atoms with Crippen molar-refractivity contribution in [2.24, 2.45) is 0 Å². The zero-order valence-electron chi connectivity index (χ0n) is 8.80. The zero-order valence-corrected chi connectivity index (χ0v) is 12.4. The average Bonchev–Trinajstić information content (AvgIpc) is 2.63. The number of thiophene rings is 1. The number of rotatable bonds is 4. The standard InChI is InChI=1S/C7H10S2.H4O5P2/c1-3-6-4-7(8-2)9-5-6;1-6(2)5-7(3)4/h4-5H,3H2,1-2H3;6-7H,(H,1,2)(H,3,4). The summed E-state index contributed by atoms with van der Waals surface area (Å²) in [4.78, 5) is 15.4. The van der Waals surface area contributed by atoms with Crippen molar-refractivity contribution >= 4 is 39.6 Å². The van der Waals surface area contributed by atoms with Crippen molar-refractivity contribution in [1.29, 1.82) is 0 Å². The molecule has 0 aliphatic carbocycles. The lowest BCUT2D eigenvalue weighted by molar-refractivity contribution is 0.371. The molecule has 0 saturated carbocycles. The van der Waals surface area contributed by atoms with Crippen LogP contribution in [0.2, 0.25) is 0 Å². The highest BCUT2D eigenvalue weighted by Crippen LogP contribution is 2.30. The topological polar surface area (TPSA) is 83.8 Å². The molecule has 1 aromatic heterocycles. The van der Waals surface area contributed by atoms with Gasteiger partial charge in [0.25, 0.3) is 0 Å². The van der Waals surface area contributed by atoms with Crippen molar-refractivity contribution in [1.82, 2.24) is 0 Å². The highest BCUT2D eigenvalue weighted by molar-refractivity contribution is 8.00. The molecule has 1 aromatic rings. The van der Waals surface area contributed by atoms with Crippen LogP contribution in [0.25, 0.3) is 0 Å². The summed E-state index contributed by atoms with van der Waals surface area (Å²) in [5.41, 5.74) is 1.46. The number of hydrogen-bond acceptors (Lipinski definition) is 5. The second-order valence-corrected chi connectivity index (χ2v) is 6.36. The van der Waals surface area contributed by atoms with Crippen LogP contribution in [-0.2, 0) is 19.9 Å². The van der Waals surface area contributed by atoms with E-state index in [0.717, 1.165) is 6.42 Å². The van der Waals surface area contributed by atoms with Crippen molar-refractivity contribution in [3.63, 3.8) is 0 Å². The Balaban J connectivity index is 0.000000293. The molecule has 0 radical (unpaired) electrons. The lowest BCUT2D eigenvalue weighted by atomic mass is 10.3. The highest BCUT2D eigenvalue weighted by atomic mass is 32.2. The number of aryl methyl sites for hydroxylation is 1. The van der Waals surface area contributed by atoms with Crippen LogP contribution in [0, 0.1) is 0 Å². The van der Waals surface area contributed by atoms with E-state index in [1.165, 1.54) is 9.77 Å². The van der Waals surface area contributed by atoms with Crippen molar-refractivity contribution in [2.75, 3.05) is 6.26 Å². The van der Waals surface area contributed by atoms with Gasteiger partial charge in [0.2, 0.25) is 0 Å². The van der Waals surface area contributed by atoms with Crippen LogP contribution in [-0.4, -0.2) is 16.0 Å². The number of hydrogen-bond donors (Lipinski definition) is 2. The minimum Gasteiger partial charge on any atom is -0.326 e. The third kappa shape index (κ3) is 8.53. The van der Waals surface area contributed by atoms with Crippen molar-refractivity contribution in [3.8, 4) is 0 Å². The first kappa shape index (κ1) is 16.4. The van der Waals surface area contributed by atoms with E-state index in [1.807, 2.05) is 23.1 Å². The Morgan fingerprint density at radius 1 is 1.44 bits per heavy atom. The molecule has 1 rings (SSSR count). The monoisotopic (exact) mass is 304 g/mol. The van der Waals surface area contributed by atoms with E-state index in [2.05, 4.69) is 28.9 Å². The predicted molar refractivity (Wildman–Crippen MR) is 69.0 cm³/mol. The van der Waals surface area contributed by atoms with Crippen molar-refractivity contribution in [3.05, 3.63) is 17.0 Å². The quantitative estimate of drug-likeness (QED) is 0.657. The molecule has 2 atom stereocenters. The fraction of sp³-hybridized carbons (Fsp3) is 0.429. The minimum atomic E-state index is -3.20. The number of thioether (sulfide) groups is 1. The largest absolute Gasteiger partial charge is 0.326 e. The second-order valence-electron chi connectivity index (χ2n) is 2.47. The molecule has 0 aliphatic rings. The van der Waals surface area contributed by atoms with Crippen LogP contribution in [0.1, 0.15) is 12.5 Å². The maximum absolute atomic E-state index is 9.44. The van der Waals surface area contributed by atoms with Crippen molar-refractivity contribution < 1.29 is 23.2 Å². The fourth-order valence-corrected chi connectivity index (χ4v) is 2.84. The Morgan fingerprint density at radius 3 is 2.19 bits per heavy atom. The van der Waals surface area contributed by atoms with E-state index in [9.17, 15) is 9.13 Å². The first-order chi connectivity index (χ1) is 7.49. The van der Waals surface area contributed by atoms with Gasteiger partial charge in [-0.1, -0.05) is 6.92 Å². The van der Waals surface area contributed by atoms with Gasteiger partial charge in [0.1, 0.15) is 0 Å². The van der Waals surface area contributed by atoms with Gasteiger partial charge in [-0.15, -0.1) is 23.1 Å². The molecular weight excluding hydrogens is 290 g/mol. The lowest BCUT2D eigenvalue weighted by Gasteiger charge is -1.86. The van der Waals surface area contributed by atoms with Crippen LogP contribution in [0.15, 0.2) is 15.7 Å². The van der Waals surface area contributed by atoms with Crippen LogP contribution in [0.3, 0.4) is 0 Å². The van der Waals surface area contributed by atoms with Gasteiger partial charge >= 0.3 is 16.5 Å². The lowest BCUT2D eigenvalue weighted by Crippen LogP contribution is -1.67. The van der Waals surface area contributed by atoms with Gasteiger partial charge in [0.15, 0.2) is 0 Å². The third-order valence-corrected chi connectivity index (χ3v) is 4.89. The molecule has 2 N–H and O–H groups in total. The Hall–Kier alpha value is 0.390. The SMILES string of the molecule is CCc1csc(SC)c1.O=[PH](O)O[PH](=O)O. The van der Waals surface area contributed by atoms with Gasteiger partial charge in [0.05, 0.1) is 4.21 Å². The molecule has 0 fully saturated rings. The molecule has 2 unspecified atom stereocenters. The minimum absolute atomic E-state index is 1.16. The van der Waals surface area contributed by atoms with Crippen LogP contribution < -0.4 is 0 Å². The molecule has 0 amide bonds. The smallest absolute Gasteiger partial charge is 0.323 e. The maximum Gasteiger partial charge on any atom is 0.323 e. The van der Waals surface area contributed by atoms with Gasteiger partial charge < -0.3 is 9.79 Å². The summed E-state index contributed by atoms with van der Waals surface area (Å²) in [5.74, 6) is 0. The summed E-state index contributed by atoms with van der Waals surface area (Å²) < 4.78 is 23.8. The zero-order chi connectivity index (χ0) is 12.6. The van der Waals surface area contributed by atoms with Gasteiger partial charge in [-0.25, -0.2) is 4.31 Å². The Morgan fingerprint density at radius 2 is 2.00 bits per heavy atom. The summed E-state index contributed by atoms with van der Waals surface area (Å²) in [6, 6.07) is 2.26. The normalized spacial score (nSPS) is 13.8. The molecule has 94 valence electrons. The van der Waals surface area contributed by atoms with Crippen LogP contribution in [0.4, 0.5) is 0 Å². The third-order valence-electron chi connectivity index (χ3n) is 1.41. The molecule has 0 aliphatic heterocycles. The molecular formula is C7H14O5P2S2. The van der Waals surface area contributed by atoms with E-state index >= 15 is 0 Å². The van der Waals surface area contributed by atoms with E-state index in [-0.39, 0.29) is 0 Å². The molecule has 0 spiro atoms. The summed E-state index contributed by atoms with van der Waals surface area (Å²) in [7, 11) is -6.40. The first-order valence-electron chi connectivity index (χ1n) is 4.24. The molecule has 9 heteroatoms. The fourth-order valence-electron chi connectivity index (χ4n) is 0.720. The Kier molecular flexibility index (Phi) is 9.65. The molecule has 16 heavy (non-hydrogen) atoms. The van der Waals surface area contributed by atoms with Gasteiger partial charge in [-0.3, -0.25) is 9.13 Å². The van der Waals surface area contributed by atoms with Crippen molar-refractivity contribution in [2.45, 2.75) is 17.6 Å². The highest BCUT2D eigenvalue weighted by Gasteiger charge is 1.94. The van der Waals surface area contributed by atoms with E-state index in [0.29, 0.717) is 0 Å². The van der Waals surface area contributed by atoms with Gasteiger partial charge in [-0.2, -0.15) is 0 Å². The van der Waals surface area contributed by atoms with Crippen LogP contribution >= 0.6 is 39.6 Å². The summed E-state index contributed by atoms with van der Waals surface area (Å²) in [6.07, 6.45) is 3.28. The Bertz CT molecular complexity index is 324. The molecule has 5 nitrogen and oxygen atoms in total. The van der Waals surface area contributed by atoms with E-state index < -0.39 is 16.5 Å². The summed E-state index contributed by atoms with van der Waals surface area (Å²) in [5, 5.41) is 2.23. The molecule has 1 heterocycles. The van der Waals surface area contributed by atoms with Gasteiger partial charge in [0, 0.05) is 0 Å². The summed E-state index contributed by atoms with van der Waals surface area (Å²) >= 11 is 3.66. The van der Waals surface area contributed by atoms with E-state index in [1.54, 1.807) is 0 Å². The van der Waals surface area contributed by atoms with E-state index in [4.69, 9.17) is 9.79 Å².